The molecule has 6 nitrogen and oxygen atoms in total. The molecule has 1 saturated heterocycles. The molecule has 2 aliphatic carbocycles. The van der Waals surface area contributed by atoms with Crippen molar-refractivity contribution in [2.75, 3.05) is 26.2 Å². The average Bonchev–Trinajstić information content (AvgIpc) is 3.28. The summed E-state index contributed by atoms with van der Waals surface area (Å²) in [4.78, 5) is 29.3. The van der Waals surface area contributed by atoms with Crippen LogP contribution in [0.15, 0.2) is 10.5 Å². The molecule has 4 unspecified atom stereocenters. The summed E-state index contributed by atoms with van der Waals surface area (Å²) in [6, 6.07) is 1.83. The molecule has 4 rings (SSSR count). The van der Waals surface area contributed by atoms with E-state index in [1.807, 2.05) is 23.6 Å². The van der Waals surface area contributed by atoms with Crippen LogP contribution in [0.3, 0.4) is 0 Å². The number of piperazine rings is 1. The zero-order valence-electron chi connectivity index (χ0n) is 15.4. The smallest absolute Gasteiger partial charge is 0.257 e. The second kappa shape index (κ2) is 7.24. The maximum absolute atomic E-state index is 12.9. The topological polar surface area (TPSA) is 79.8 Å². The summed E-state index contributed by atoms with van der Waals surface area (Å²) in [6.07, 6.45) is 3.45. The molecule has 2 N–H and O–H groups in total. The number of nitrogens with two attached hydrogens (primary N) is 1. The summed E-state index contributed by atoms with van der Waals surface area (Å²) < 4.78 is 5.47. The molecule has 2 heterocycles. The standard InChI is InChI=1S/C19H27N3O3.ClH/c1-11-9-15(12(2)25-11)18(23)21-5-7-22(8-6-21)19(24)16-13-3-4-14(10-13)17(16)20;/h9,13-14,16-17H,3-8,10,20H2,1-2H3;1H. The minimum absolute atomic E-state index is 0. The van der Waals surface area contributed by atoms with Gasteiger partial charge in [-0.25, -0.2) is 0 Å². The van der Waals surface area contributed by atoms with Crippen molar-refractivity contribution in [3.05, 3.63) is 23.2 Å². The number of rotatable bonds is 2. The van der Waals surface area contributed by atoms with Crippen molar-refractivity contribution in [1.29, 1.82) is 0 Å². The van der Waals surface area contributed by atoms with Gasteiger partial charge in [-0.05, 0) is 51.0 Å². The normalized spacial score (nSPS) is 30.4. The van der Waals surface area contributed by atoms with E-state index < -0.39 is 0 Å². The van der Waals surface area contributed by atoms with Gasteiger partial charge in [0, 0.05) is 32.2 Å². The zero-order valence-corrected chi connectivity index (χ0v) is 16.3. The van der Waals surface area contributed by atoms with Crippen molar-refractivity contribution in [3.8, 4) is 0 Å². The lowest BCUT2D eigenvalue weighted by atomic mass is 9.84. The summed E-state index contributed by atoms with van der Waals surface area (Å²) in [5, 5.41) is 0. The number of aryl methyl sites for hydroxylation is 2. The number of halogens is 1. The molecule has 4 atom stereocenters. The largest absolute Gasteiger partial charge is 0.466 e. The van der Waals surface area contributed by atoms with Gasteiger partial charge in [0.1, 0.15) is 11.5 Å². The molecule has 144 valence electrons. The van der Waals surface area contributed by atoms with E-state index in [0.29, 0.717) is 49.3 Å². The van der Waals surface area contributed by atoms with Gasteiger partial charge in [0.05, 0.1) is 11.5 Å². The Bertz CT molecular complexity index is 694. The fourth-order valence-corrected chi connectivity index (χ4v) is 5.06. The van der Waals surface area contributed by atoms with E-state index >= 15 is 0 Å². The lowest BCUT2D eigenvalue weighted by Crippen LogP contribution is -2.54. The molecule has 1 aliphatic heterocycles. The van der Waals surface area contributed by atoms with Gasteiger partial charge >= 0.3 is 0 Å². The summed E-state index contributed by atoms with van der Waals surface area (Å²) in [6.45, 7) is 6.01. The Labute approximate surface area is 160 Å². The van der Waals surface area contributed by atoms with E-state index in [4.69, 9.17) is 10.2 Å². The number of nitrogens with zero attached hydrogens (tertiary/aromatic N) is 2. The maximum atomic E-state index is 12.9. The average molecular weight is 382 g/mol. The number of hydrogen-bond acceptors (Lipinski definition) is 4. The minimum Gasteiger partial charge on any atom is -0.466 e. The van der Waals surface area contributed by atoms with Crippen LogP contribution < -0.4 is 5.73 Å². The van der Waals surface area contributed by atoms with Crippen molar-refractivity contribution in [2.24, 2.45) is 23.5 Å². The highest BCUT2D eigenvalue weighted by atomic mass is 35.5. The first-order chi connectivity index (χ1) is 12.0. The Hall–Kier alpha value is -1.53. The van der Waals surface area contributed by atoms with Gasteiger partial charge in [-0.2, -0.15) is 0 Å². The number of carbonyl (C=O) groups is 2. The Morgan fingerprint density at radius 2 is 1.69 bits per heavy atom. The third-order valence-corrected chi connectivity index (χ3v) is 6.42. The van der Waals surface area contributed by atoms with Crippen molar-refractivity contribution in [3.63, 3.8) is 0 Å². The van der Waals surface area contributed by atoms with Crippen LogP contribution in [0.4, 0.5) is 0 Å². The number of hydrogen-bond donors (Lipinski definition) is 1. The summed E-state index contributed by atoms with van der Waals surface area (Å²) >= 11 is 0. The lowest BCUT2D eigenvalue weighted by molar-refractivity contribution is -0.139. The number of fused-ring (bicyclic) bond motifs is 2. The fraction of sp³-hybridized carbons (Fsp3) is 0.684. The van der Waals surface area contributed by atoms with Gasteiger partial charge in [-0.15, -0.1) is 12.4 Å². The predicted octanol–water partition coefficient (Wildman–Crippen LogP) is 1.98. The monoisotopic (exact) mass is 381 g/mol. The first-order valence-electron chi connectivity index (χ1n) is 9.36. The van der Waals surface area contributed by atoms with Gasteiger partial charge in [-0.1, -0.05) is 0 Å². The molecule has 2 saturated carbocycles. The summed E-state index contributed by atoms with van der Waals surface area (Å²) in [5.41, 5.74) is 6.95. The van der Waals surface area contributed by atoms with Crippen LogP contribution >= 0.6 is 12.4 Å². The van der Waals surface area contributed by atoms with Gasteiger partial charge in [0.25, 0.3) is 5.91 Å². The van der Waals surface area contributed by atoms with Crippen LogP contribution in [0, 0.1) is 31.6 Å². The van der Waals surface area contributed by atoms with E-state index in [0.717, 1.165) is 18.6 Å². The molecule has 0 spiro atoms. The molecule has 2 amide bonds. The highest BCUT2D eigenvalue weighted by Gasteiger charge is 2.50. The molecule has 2 bridgehead atoms. The van der Waals surface area contributed by atoms with Crippen molar-refractivity contribution in [1.82, 2.24) is 9.80 Å². The van der Waals surface area contributed by atoms with Crippen LogP contribution in [-0.4, -0.2) is 53.8 Å². The highest BCUT2D eigenvalue weighted by Crippen LogP contribution is 2.48. The zero-order chi connectivity index (χ0) is 17.7. The second-order valence-corrected chi connectivity index (χ2v) is 7.88. The highest BCUT2D eigenvalue weighted by molar-refractivity contribution is 5.95. The third-order valence-electron chi connectivity index (χ3n) is 6.42. The van der Waals surface area contributed by atoms with Crippen LogP contribution in [0.5, 0.6) is 0 Å². The predicted molar refractivity (Wildman–Crippen MR) is 100 cm³/mol. The number of carbonyl (C=O) groups excluding carboxylic acids is 2. The van der Waals surface area contributed by atoms with Gasteiger partial charge < -0.3 is 20.0 Å². The van der Waals surface area contributed by atoms with Gasteiger partial charge in [-0.3, -0.25) is 9.59 Å². The van der Waals surface area contributed by atoms with Crippen LogP contribution in [0.25, 0.3) is 0 Å². The molecule has 0 radical (unpaired) electrons. The molecule has 26 heavy (non-hydrogen) atoms. The molecule has 1 aromatic heterocycles. The molecular formula is C19H28ClN3O3. The first-order valence-corrected chi connectivity index (χ1v) is 9.36. The molecule has 1 aromatic rings. The van der Waals surface area contributed by atoms with E-state index in [2.05, 4.69) is 0 Å². The minimum atomic E-state index is -0.00178. The maximum Gasteiger partial charge on any atom is 0.257 e. The van der Waals surface area contributed by atoms with Crippen LogP contribution in [0.1, 0.15) is 41.1 Å². The molecule has 0 aromatic carbocycles. The molecule has 3 fully saturated rings. The van der Waals surface area contributed by atoms with Gasteiger partial charge in [0.2, 0.25) is 5.91 Å². The Kier molecular flexibility index (Phi) is 5.35. The van der Waals surface area contributed by atoms with Crippen molar-refractivity contribution in [2.45, 2.75) is 39.2 Å². The second-order valence-electron chi connectivity index (χ2n) is 7.88. The van der Waals surface area contributed by atoms with Crippen LogP contribution in [0.2, 0.25) is 0 Å². The van der Waals surface area contributed by atoms with Crippen molar-refractivity contribution < 1.29 is 14.0 Å². The van der Waals surface area contributed by atoms with Crippen molar-refractivity contribution >= 4 is 24.2 Å². The van der Waals surface area contributed by atoms with E-state index in [-0.39, 0.29) is 36.2 Å². The van der Waals surface area contributed by atoms with Gasteiger partial charge in [0.15, 0.2) is 0 Å². The molecule has 7 heteroatoms. The molecular weight excluding hydrogens is 354 g/mol. The SMILES string of the molecule is Cc1cc(C(=O)N2CCN(C(=O)C3C4CCC(C4)C3N)CC2)c(C)o1.Cl. The fourth-order valence-electron chi connectivity index (χ4n) is 5.06. The Morgan fingerprint density at radius 1 is 1.08 bits per heavy atom. The Morgan fingerprint density at radius 3 is 2.23 bits per heavy atom. The van der Waals surface area contributed by atoms with E-state index in [1.165, 1.54) is 6.42 Å². The quantitative estimate of drug-likeness (QED) is 0.849. The van der Waals surface area contributed by atoms with Crippen LogP contribution in [-0.2, 0) is 4.79 Å². The van der Waals surface area contributed by atoms with E-state index in [9.17, 15) is 9.59 Å². The lowest BCUT2D eigenvalue weighted by Gasteiger charge is -2.38. The van der Waals surface area contributed by atoms with E-state index in [1.54, 1.807) is 6.07 Å². The Balaban J connectivity index is 0.00000196. The number of furan rings is 1. The number of amides is 2. The first kappa shape index (κ1) is 19.2. The molecule has 3 aliphatic rings. The summed E-state index contributed by atoms with van der Waals surface area (Å²) in [5.74, 6) is 2.63. The third kappa shape index (κ3) is 3.14. The summed E-state index contributed by atoms with van der Waals surface area (Å²) in [7, 11) is 0.